The average molecular weight is 292 g/mol. The van der Waals surface area contributed by atoms with Crippen molar-refractivity contribution in [2.75, 3.05) is 24.3 Å². The third-order valence-electron chi connectivity index (χ3n) is 2.66. The molecule has 0 saturated heterocycles. The van der Waals surface area contributed by atoms with E-state index in [1.807, 2.05) is 6.07 Å². The van der Waals surface area contributed by atoms with Crippen molar-refractivity contribution in [3.63, 3.8) is 0 Å². The van der Waals surface area contributed by atoms with Crippen molar-refractivity contribution >= 4 is 23.0 Å². The summed E-state index contributed by atoms with van der Waals surface area (Å²) in [5, 5.41) is 10.8. The molecule has 0 radical (unpaired) electrons. The molecule has 2 aromatic heterocycles. The lowest BCUT2D eigenvalue weighted by atomic mass is 10.3. The van der Waals surface area contributed by atoms with E-state index in [1.54, 1.807) is 18.4 Å². The quantitative estimate of drug-likeness (QED) is 0.783. The molecule has 2 aromatic rings. The molecule has 0 fully saturated rings. The highest BCUT2D eigenvalue weighted by atomic mass is 32.1. The first-order valence-corrected chi connectivity index (χ1v) is 7.61. The Hall–Kier alpha value is -1.66. The van der Waals surface area contributed by atoms with Crippen LogP contribution >= 0.6 is 11.3 Å². The van der Waals surface area contributed by atoms with E-state index in [-0.39, 0.29) is 0 Å². The molecule has 5 nitrogen and oxygen atoms in total. The van der Waals surface area contributed by atoms with E-state index < -0.39 is 0 Å². The van der Waals surface area contributed by atoms with Crippen LogP contribution in [0, 0.1) is 0 Å². The van der Waals surface area contributed by atoms with Crippen molar-refractivity contribution in [2.45, 2.75) is 26.5 Å². The Morgan fingerprint density at radius 3 is 2.70 bits per heavy atom. The molecule has 20 heavy (non-hydrogen) atoms. The van der Waals surface area contributed by atoms with Gasteiger partial charge in [-0.1, -0.05) is 6.92 Å². The number of anilines is 2. The maximum Gasteiger partial charge on any atom is 0.158 e. The van der Waals surface area contributed by atoms with Crippen LogP contribution in [-0.2, 0) is 17.9 Å². The molecule has 0 amide bonds. The monoisotopic (exact) mass is 292 g/mol. The number of nitrogens with zero attached hydrogens (tertiary/aromatic N) is 2. The summed E-state index contributed by atoms with van der Waals surface area (Å²) in [6.45, 7) is 4.20. The minimum atomic E-state index is 0.411. The van der Waals surface area contributed by atoms with Crippen molar-refractivity contribution in [3.05, 3.63) is 34.3 Å². The number of methoxy groups -OCH3 is 1. The molecule has 0 saturated carbocycles. The second kappa shape index (κ2) is 7.81. The van der Waals surface area contributed by atoms with Crippen molar-refractivity contribution in [1.29, 1.82) is 0 Å². The molecule has 108 valence electrons. The van der Waals surface area contributed by atoms with Gasteiger partial charge in [0.1, 0.15) is 18.2 Å². The van der Waals surface area contributed by atoms with Crippen LogP contribution in [0.3, 0.4) is 0 Å². The zero-order chi connectivity index (χ0) is 14.2. The fraction of sp³-hybridized carbons (Fsp3) is 0.429. The summed E-state index contributed by atoms with van der Waals surface area (Å²) in [6, 6.07) is 4.03. The molecular formula is C14H20N4OS. The minimum Gasteiger partial charge on any atom is -0.377 e. The molecule has 2 rings (SSSR count). The summed E-state index contributed by atoms with van der Waals surface area (Å²) in [6.07, 6.45) is 1.06. The van der Waals surface area contributed by atoms with Crippen LogP contribution in [0.2, 0.25) is 0 Å². The molecule has 0 aromatic carbocycles. The smallest absolute Gasteiger partial charge is 0.158 e. The van der Waals surface area contributed by atoms with Gasteiger partial charge in [-0.3, -0.25) is 0 Å². The van der Waals surface area contributed by atoms with E-state index in [4.69, 9.17) is 4.74 Å². The number of hydrogen-bond donors (Lipinski definition) is 2. The first-order chi connectivity index (χ1) is 9.81. The van der Waals surface area contributed by atoms with Gasteiger partial charge in [0.2, 0.25) is 0 Å². The molecule has 0 bridgehead atoms. The van der Waals surface area contributed by atoms with E-state index in [9.17, 15) is 0 Å². The highest BCUT2D eigenvalue weighted by Gasteiger charge is 2.04. The number of thiophene rings is 1. The summed E-state index contributed by atoms with van der Waals surface area (Å²) in [5.41, 5.74) is 1.25. The number of aromatic nitrogens is 2. The lowest BCUT2D eigenvalue weighted by molar-refractivity contribution is 0.178. The van der Waals surface area contributed by atoms with Gasteiger partial charge in [0.05, 0.1) is 0 Å². The van der Waals surface area contributed by atoms with Crippen LogP contribution in [0.15, 0.2) is 22.9 Å². The van der Waals surface area contributed by atoms with Gasteiger partial charge in [-0.2, -0.15) is 11.3 Å². The van der Waals surface area contributed by atoms with E-state index in [1.165, 1.54) is 5.56 Å². The second-order valence-electron chi connectivity index (χ2n) is 4.40. The molecule has 0 aliphatic carbocycles. The van der Waals surface area contributed by atoms with Crippen molar-refractivity contribution < 1.29 is 4.74 Å². The highest BCUT2D eigenvalue weighted by Crippen LogP contribution is 2.14. The van der Waals surface area contributed by atoms with E-state index in [0.29, 0.717) is 12.4 Å². The summed E-state index contributed by atoms with van der Waals surface area (Å²) < 4.78 is 5.11. The van der Waals surface area contributed by atoms with Crippen molar-refractivity contribution in [3.8, 4) is 0 Å². The lowest BCUT2D eigenvalue weighted by Crippen LogP contribution is -2.09. The Labute approximate surface area is 123 Å². The lowest BCUT2D eigenvalue weighted by Gasteiger charge is -2.10. The number of nitrogens with one attached hydrogen (secondary N) is 2. The zero-order valence-corrected chi connectivity index (χ0v) is 12.7. The SMILES string of the molecule is CCCNc1cc(NCc2ccsc2)nc(COC)n1. The Bertz CT molecular complexity index is 516. The van der Waals surface area contributed by atoms with Crippen LogP contribution in [0.5, 0.6) is 0 Å². The second-order valence-corrected chi connectivity index (χ2v) is 5.18. The largest absolute Gasteiger partial charge is 0.377 e. The van der Waals surface area contributed by atoms with Crippen molar-refractivity contribution in [1.82, 2.24) is 9.97 Å². The molecule has 0 unspecified atom stereocenters. The number of hydrogen-bond acceptors (Lipinski definition) is 6. The third-order valence-corrected chi connectivity index (χ3v) is 3.39. The maximum absolute atomic E-state index is 5.11. The van der Waals surface area contributed by atoms with E-state index in [2.05, 4.69) is 44.4 Å². The molecule has 0 aliphatic rings. The topological polar surface area (TPSA) is 59.1 Å². The van der Waals surface area contributed by atoms with Crippen LogP contribution in [-0.4, -0.2) is 23.6 Å². The Kier molecular flexibility index (Phi) is 5.76. The van der Waals surface area contributed by atoms with Crippen LogP contribution in [0.25, 0.3) is 0 Å². The minimum absolute atomic E-state index is 0.411. The fourth-order valence-corrected chi connectivity index (χ4v) is 2.38. The molecule has 2 heterocycles. The maximum atomic E-state index is 5.11. The van der Waals surface area contributed by atoms with Gasteiger partial charge >= 0.3 is 0 Å². The predicted octanol–water partition coefficient (Wildman–Crippen LogP) is 3.12. The zero-order valence-electron chi connectivity index (χ0n) is 11.8. The van der Waals surface area contributed by atoms with Gasteiger partial charge in [0, 0.05) is 26.3 Å². The third kappa shape index (κ3) is 4.47. The summed E-state index contributed by atoms with van der Waals surface area (Å²) in [5.74, 6) is 2.33. The van der Waals surface area contributed by atoms with Gasteiger partial charge in [-0.25, -0.2) is 9.97 Å². The Morgan fingerprint density at radius 1 is 1.25 bits per heavy atom. The van der Waals surface area contributed by atoms with Crippen LogP contribution in [0.4, 0.5) is 11.6 Å². The standard InChI is InChI=1S/C14H20N4OS/c1-3-5-15-12-7-13(18-14(17-12)9-19-2)16-8-11-4-6-20-10-11/h4,6-7,10H,3,5,8-9H2,1-2H3,(H2,15,16,17,18). The highest BCUT2D eigenvalue weighted by molar-refractivity contribution is 7.07. The summed E-state index contributed by atoms with van der Waals surface area (Å²) >= 11 is 1.70. The molecule has 0 atom stereocenters. The normalized spacial score (nSPS) is 10.5. The first-order valence-electron chi connectivity index (χ1n) is 6.67. The van der Waals surface area contributed by atoms with E-state index >= 15 is 0 Å². The Balaban J connectivity index is 2.06. The molecule has 0 spiro atoms. The first kappa shape index (κ1) is 14.7. The predicted molar refractivity (Wildman–Crippen MR) is 83.2 cm³/mol. The number of ether oxygens (including phenoxy) is 1. The van der Waals surface area contributed by atoms with E-state index in [0.717, 1.165) is 31.1 Å². The Morgan fingerprint density at radius 2 is 2.05 bits per heavy atom. The molecule has 6 heteroatoms. The summed E-state index contributed by atoms with van der Waals surface area (Å²) in [7, 11) is 1.65. The van der Waals surface area contributed by atoms with Gasteiger partial charge in [-0.05, 0) is 28.8 Å². The van der Waals surface area contributed by atoms with Gasteiger partial charge in [-0.15, -0.1) is 0 Å². The van der Waals surface area contributed by atoms with Crippen LogP contribution < -0.4 is 10.6 Å². The van der Waals surface area contributed by atoms with Gasteiger partial charge in [0.25, 0.3) is 0 Å². The molecule has 2 N–H and O–H groups in total. The van der Waals surface area contributed by atoms with Gasteiger partial charge in [0.15, 0.2) is 5.82 Å². The average Bonchev–Trinajstić information content (AvgIpc) is 2.96. The molecule has 0 aliphatic heterocycles. The fourth-order valence-electron chi connectivity index (χ4n) is 1.71. The summed E-state index contributed by atoms with van der Waals surface area (Å²) in [4.78, 5) is 8.87. The number of rotatable bonds is 8. The van der Waals surface area contributed by atoms with Crippen molar-refractivity contribution in [2.24, 2.45) is 0 Å². The van der Waals surface area contributed by atoms with Gasteiger partial charge < -0.3 is 15.4 Å². The molecular weight excluding hydrogens is 272 g/mol. The van der Waals surface area contributed by atoms with Crippen LogP contribution in [0.1, 0.15) is 24.7 Å².